The van der Waals surface area contributed by atoms with Crippen LogP contribution in [0.15, 0.2) is 18.2 Å². The van der Waals surface area contributed by atoms with Crippen molar-refractivity contribution in [3.63, 3.8) is 0 Å². The Morgan fingerprint density at radius 2 is 2.00 bits per heavy atom. The molecule has 0 aromatic heterocycles. The third-order valence-electron chi connectivity index (χ3n) is 3.31. The van der Waals surface area contributed by atoms with Crippen molar-refractivity contribution in [1.29, 1.82) is 0 Å². The summed E-state index contributed by atoms with van der Waals surface area (Å²) < 4.78 is 5.32. The van der Waals surface area contributed by atoms with Crippen LogP contribution in [0.5, 0.6) is 5.75 Å². The van der Waals surface area contributed by atoms with Crippen molar-refractivity contribution in [1.82, 2.24) is 0 Å². The Hall–Kier alpha value is -1.22. The molecule has 1 aromatic rings. The second-order valence-electron chi connectivity index (χ2n) is 4.44. The minimum Gasteiger partial charge on any atom is -0.496 e. The zero-order chi connectivity index (χ0) is 13.0. The molecule has 3 heteroatoms. The lowest BCUT2D eigenvalue weighted by Crippen LogP contribution is -2.29. The highest BCUT2D eigenvalue weighted by atomic mass is 16.5. The van der Waals surface area contributed by atoms with Gasteiger partial charge in [-0.1, -0.05) is 13.0 Å². The van der Waals surface area contributed by atoms with Crippen molar-refractivity contribution in [2.24, 2.45) is 0 Å². The summed E-state index contributed by atoms with van der Waals surface area (Å²) in [6.07, 6.45) is 0.528. The van der Waals surface area contributed by atoms with Gasteiger partial charge in [0.25, 0.3) is 0 Å². The van der Waals surface area contributed by atoms with Crippen LogP contribution in [0.4, 0.5) is 5.69 Å². The third kappa shape index (κ3) is 2.91. The molecule has 2 atom stereocenters. The number of methoxy groups -OCH3 is 1. The monoisotopic (exact) mass is 237 g/mol. The topological polar surface area (TPSA) is 32.7 Å². The van der Waals surface area contributed by atoms with E-state index in [2.05, 4.69) is 25.8 Å². The predicted molar refractivity (Wildman–Crippen MR) is 71.8 cm³/mol. The molecule has 96 valence electrons. The van der Waals surface area contributed by atoms with E-state index in [-0.39, 0.29) is 0 Å². The van der Waals surface area contributed by atoms with Crippen LogP contribution >= 0.6 is 0 Å². The van der Waals surface area contributed by atoms with Gasteiger partial charge >= 0.3 is 0 Å². The first-order chi connectivity index (χ1) is 8.02. The molecule has 0 aliphatic rings. The lowest BCUT2D eigenvalue weighted by molar-refractivity contribution is 0.194. The Kier molecular flexibility index (Phi) is 4.82. The molecule has 0 radical (unpaired) electrons. The standard InChI is InChI=1S/C14H23NO2/c1-6-10(2)15(4)12-8-7-9-13(17-5)14(12)11(3)16/h7-11,16H,6H2,1-5H3. The van der Waals surface area contributed by atoms with Crippen LogP contribution in [-0.4, -0.2) is 25.3 Å². The summed E-state index contributed by atoms with van der Waals surface area (Å²) in [5.41, 5.74) is 1.89. The van der Waals surface area contributed by atoms with Crippen LogP contribution in [0, 0.1) is 0 Å². The van der Waals surface area contributed by atoms with Gasteiger partial charge in [0.15, 0.2) is 0 Å². The summed E-state index contributed by atoms with van der Waals surface area (Å²) in [4.78, 5) is 2.19. The van der Waals surface area contributed by atoms with Crippen LogP contribution in [0.3, 0.4) is 0 Å². The normalized spacial score (nSPS) is 14.2. The SMILES string of the molecule is CCC(C)N(C)c1cccc(OC)c1C(C)O. The highest BCUT2D eigenvalue weighted by Crippen LogP contribution is 2.34. The molecule has 0 amide bonds. The van der Waals surface area contributed by atoms with E-state index in [1.165, 1.54) is 0 Å². The molecule has 0 heterocycles. The summed E-state index contributed by atoms with van der Waals surface area (Å²) in [6, 6.07) is 6.30. The fourth-order valence-electron chi connectivity index (χ4n) is 1.95. The maximum Gasteiger partial charge on any atom is 0.126 e. The Bertz CT molecular complexity index is 363. The molecule has 0 spiro atoms. The van der Waals surface area contributed by atoms with E-state index < -0.39 is 6.10 Å². The summed E-state index contributed by atoms with van der Waals surface area (Å²) in [7, 11) is 3.68. The van der Waals surface area contributed by atoms with E-state index in [0.717, 1.165) is 23.4 Å². The summed E-state index contributed by atoms with van der Waals surface area (Å²) >= 11 is 0. The van der Waals surface area contributed by atoms with Gasteiger partial charge in [-0.15, -0.1) is 0 Å². The maximum atomic E-state index is 9.91. The maximum absolute atomic E-state index is 9.91. The van der Waals surface area contributed by atoms with E-state index in [1.807, 2.05) is 18.2 Å². The zero-order valence-electron chi connectivity index (χ0n) is 11.4. The van der Waals surface area contributed by atoms with Gasteiger partial charge in [-0.3, -0.25) is 0 Å². The molecule has 0 aliphatic carbocycles. The van der Waals surface area contributed by atoms with E-state index >= 15 is 0 Å². The predicted octanol–water partition coefficient (Wildman–Crippen LogP) is 2.98. The summed E-state index contributed by atoms with van der Waals surface area (Å²) in [5, 5.41) is 9.91. The Balaban J connectivity index is 3.22. The van der Waals surface area contributed by atoms with Gasteiger partial charge in [0.1, 0.15) is 5.75 Å². The summed E-state index contributed by atoms with van der Waals surface area (Å²) in [5.74, 6) is 0.743. The summed E-state index contributed by atoms with van der Waals surface area (Å²) in [6.45, 7) is 6.10. The minimum atomic E-state index is -0.535. The lowest BCUT2D eigenvalue weighted by atomic mass is 10.0. The fourth-order valence-corrected chi connectivity index (χ4v) is 1.95. The van der Waals surface area contributed by atoms with Gasteiger partial charge in [-0.2, -0.15) is 0 Å². The van der Waals surface area contributed by atoms with E-state index in [0.29, 0.717) is 6.04 Å². The Morgan fingerprint density at radius 1 is 1.35 bits per heavy atom. The van der Waals surface area contributed by atoms with E-state index in [9.17, 15) is 5.11 Å². The molecular weight excluding hydrogens is 214 g/mol. The van der Waals surface area contributed by atoms with Crippen LogP contribution < -0.4 is 9.64 Å². The van der Waals surface area contributed by atoms with Crippen molar-refractivity contribution in [3.05, 3.63) is 23.8 Å². The van der Waals surface area contributed by atoms with Crippen molar-refractivity contribution < 1.29 is 9.84 Å². The molecule has 17 heavy (non-hydrogen) atoms. The molecule has 0 saturated carbocycles. The molecule has 0 aliphatic heterocycles. The first-order valence-corrected chi connectivity index (χ1v) is 6.10. The minimum absolute atomic E-state index is 0.430. The zero-order valence-corrected chi connectivity index (χ0v) is 11.4. The highest BCUT2D eigenvalue weighted by molar-refractivity contribution is 5.60. The van der Waals surface area contributed by atoms with Crippen LogP contribution in [-0.2, 0) is 0 Å². The average Bonchev–Trinajstić information content (AvgIpc) is 2.35. The number of nitrogens with zero attached hydrogens (tertiary/aromatic N) is 1. The van der Waals surface area contributed by atoms with Gasteiger partial charge in [-0.25, -0.2) is 0 Å². The molecule has 0 bridgehead atoms. The molecule has 2 unspecified atom stereocenters. The second-order valence-corrected chi connectivity index (χ2v) is 4.44. The molecule has 1 aromatic carbocycles. The molecule has 0 fully saturated rings. The number of aliphatic hydroxyl groups is 1. The molecule has 1 rings (SSSR count). The number of ether oxygens (including phenoxy) is 1. The Labute approximate surface area is 104 Å². The second kappa shape index (κ2) is 5.92. The largest absolute Gasteiger partial charge is 0.496 e. The first kappa shape index (κ1) is 13.8. The number of aliphatic hydroxyl groups excluding tert-OH is 1. The van der Waals surface area contributed by atoms with Gasteiger partial charge in [0.05, 0.1) is 13.2 Å². The van der Waals surface area contributed by atoms with Gasteiger partial charge in [0, 0.05) is 24.3 Å². The molecule has 1 N–H and O–H groups in total. The smallest absolute Gasteiger partial charge is 0.126 e. The lowest BCUT2D eigenvalue weighted by Gasteiger charge is -2.29. The van der Waals surface area contributed by atoms with Crippen molar-refractivity contribution in [2.75, 3.05) is 19.1 Å². The van der Waals surface area contributed by atoms with E-state index in [1.54, 1.807) is 14.0 Å². The highest BCUT2D eigenvalue weighted by Gasteiger charge is 2.18. The third-order valence-corrected chi connectivity index (χ3v) is 3.31. The van der Waals surface area contributed by atoms with Gasteiger partial charge < -0.3 is 14.7 Å². The number of hydrogen-bond acceptors (Lipinski definition) is 3. The average molecular weight is 237 g/mol. The van der Waals surface area contributed by atoms with Crippen LogP contribution in [0.2, 0.25) is 0 Å². The fraction of sp³-hybridized carbons (Fsp3) is 0.571. The van der Waals surface area contributed by atoms with Crippen molar-refractivity contribution >= 4 is 5.69 Å². The van der Waals surface area contributed by atoms with Crippen LogP contribution in [0.25, 0.3) is 0 Å². The van der Waals surface area contributed by atoms with Crippen molar-refractivity contribution in [3.8, 4) is 5.75 Å². The number of benzene rings is 1. The molecule has 0 saturated heterocycles. The number of hydrogen-bond donors (Lipinski definition) is 1. The number of anilines is 1. The van der Waals surface area contributed by atoms with Crippen molar-refractivity contribution in [2.45, 2.75) is 39.3 Å². The molecular formula is C14H23NO2. The van der Waals surface area contributed by atoms with Gasteiger partial charge in [0.2, 0.25) is 0 Å². The molecule has 3 nitrogen and oxygen atoms in total. The Morgan fingerprint density at radius 3 is 2.47 bits per heavy atom. The first-order valence-electron chi connectivity index (χ1n) is 6.10. The number of rotatable bonds is 5. The van der Waals surface area contributed by atoms with E-state index in [4.69, 9.17) is 4.74 Å². The van der Waals surface area contributed by atoms with Crippen LogP contribution in [0.1, 0.15) is 38.9 Å². The van der Waals surface area contributed by atoms with Gasteiger partial charge in [-0.05, 0) is 32.4 Å². The quantitative estimate of drug-likeness (QED) is 0.854.